The maximum absolute atomic E-state index is 12.1. The van der Waals surface area contributed by atoms with Crippen molar-refractivity contribution in [2.45, 2.75) is 65.0 Å². The van der Waals surface area contributed by atoms with Gasteiger partial charge in [0.05, 0.1) is 0 Å². The van der Waals surface area contributed by atoms with Crippen LogP contribution in [0.25, 0.3) is 0 Å². The zero-order valence-electron chi connectivity index (χ0n) is 11.4. The van der Waals surface area contributed by atoms with E-state index in [9.17, 15) is 9.59 Å². The van der Waals surface area contributed by atoms with Crippen molar-refractivity contribution in [3.8, 4) is 0 Å². The van der Waals surface area contributed by atoms with Crippen LogP contribution in [-0.4, -0.2) is 23.0 Å². The van der Waals surface area contributed by atoms with Crippen LogP contribution in [0.2, 0.25) is 0 Å². The highest BCUT2D eigenvalue weighted by Gasteiger charge is 2.46. The average Bonchev–Trinajstić information content (AvgIpc) is 2.07. The molecule has 0 aliphatic heterocycles. The van der Waals surface area contributed by atoms with Crippen LogP contribution in [-0.2, 0) is 9.53 Å². The smallest absolute Gasteiger partial charge is 0.408 e. The van der Waals surface area contributed by atoms with Crippen LogP contribution in [0.15, 0.2) is 0 Å². The first-order valence-electron chi connectivity index (χ1n) is 6.22. The normalized spacial score (nSPS) is 18.5. The molecule has 4 heteroatoms. The molecule has 0 bridgehead atoms. The van der Waals surface area contributed by atoms with Gasteiger partial charge < -0.3 is 10.1 Å². The van der Waals surface area contributed by atoms with Crippen molar-refractivity contribution in [2.75, 3.05) is 0 Å². The molecule has 0 spiro atoms. The van der Waals surface area contributed by atoms with Crippen LogP contribution in [0.5, 0.6) is 0 Å². The minimum atomic E-state index is -0.670. The minimum absolute atomic E-state index is 0.0646. The number of nitrogens with one attached hydrogen (secondary N) is 1. The second-order valence-electron chi connectivity index (χ2n) is 6.08. The van der Waals surface area contributed by atoms with Crippen molar-refractivity contribution >= 4 is 11.9 Å². The molecule has 0 radical (unpaired) electrons. The fraction of sp³-hybridized carbons (Fsp3) is 0.846. The maximum Gasteiger partial charge on any atom is 0.408 e. The molecule has 0 unspecified atom stereocenters. The standard InChI is InChI=1S/C13H23NO3/c1-9(2)10(15)13(7-6-8-13)14-11(16)17-12(3,4)5/h9H,6-8H2,1-5H3,(H,14,16). The number of hydrogen-bond acceptors (Lipinski definition) is 3. The van der Waals surface area contributed by atoms with Gasteiger partial charge in [0.1, 0.15) is 11.1 Å². The van der Waals surface area contributed by atoms with Crippen molar-refractivity contribution in [3.63, 3.8) is 0 Å². The SMILES string of the molecule is CC(C)C(=O)C1(NC(=O)OC(C)(C)C)CCC1. The number of amides is 1. The third kappa shape index (κ3) is 3.45. The molecule has 1 rings (SSSR count). The Kier molecular flexibility index (Phi) is 3.84. The molecule has 1 fully saturated rings. The summed E-state index contributed by atoms with van der Waals surface area (Å²) in [5.41, 5.74) is -1.20. The minimum Gasteiger partial charge on any atom is -0.444 e. The number of rotatable bonds is 3. The third-order valence-electron chi connectivity index (χ3n) is 2.94. The monoisotopic (exact) mass is 241 g/mol. The molecule has 0 saturated heterocycles. The molecule has 1 amide bonds. The molecular formula is C13H23NO3. The molecule has 0 atom stereocenters. The summed E-state index contributed by atoms with van der Waals surface area (Å²) in [5.74, 6) is 0.0415. The maximum atomic E-state index is 12.1. The number of Topliss-reactive ketones (excluding diaryl/α,β-unsaturated/α-hetero) is 1. The lowest BCUT2D eigenvalue weighted by molar-refractivity contribution is -0.132. The van der Waals surface area contributed by atoms with E-state index in [0.717, 1.165) is 19.3 Å². The number of hydrogen-bond donors (Lipinski definition) is 1. The van der Waals surface area contributed by atoms with Gasteiger partial charge >= 0.3 is 6.09 Å². The van der Waals surface area contributed by atoms with Gasteiger partial charge in [-0.2, -0.15) is 0 Å². The van der Waals surface area contributed by atoms with Crippen molar-refractivity contribution in [1.82, 2.24) is 5.32 Å². The molecule has 0 heterocycles. The zero-order valence-corrected chi connectivity index (χ0v) is 11.4. The summed E-state index contributed by atoms with van der Waals surface area (Å²) in [5, 5.41) is 2.76. The van der Waals surface area contributed by atoms with Crippen LogP contribution in [0.1, 0.15) is 53.9 Å². The summed E-state index contributed by atoms with van der Waals surface area (Å²) in [6.07, 6.45) is 1.94. The lowest BCUT2D eigenvalue weighted by atomic mass is 9.71. The summed E-state index contributed by atoms with van der Waals surface area (Å²) < 4.78 is 5.20. The first-order valence-corrected chi connectivity index (χ1v) is 6.22. The van der Waals surface area contributed by atoms with Gasteiger partial charge in [0, 0.05) is 5.92 Å². The van der Waals surface area contributed by atoms with Gasteiger partial charge in [-0.15, -0.1) is 0 Å². The van der Waals surface area contributed by atoms with Crippen LogP contribution in [0, 0.1) is 5.92 Å². The number of carbonyl (C=O) groups is 2. The molecule has 1 N–H and O–H groups in total. The Labute approximate surface area is 103 Å². The van der Waals surface area contributed by atoms with Gasteiger partial charge in [0.25, 0.3) is 0 Å². The van der Waals surface area contributed by atoms with Crippen LogP contribution in [0.3, 0.4) is 0 Å². The van der Waals surface area contributed by atoms with Crippen LogP contribution >= 0.6 is 0 Å². The summed E-state index contributed by atoms with van der Waals surface area (Å²) >= 11 is 0. The van der Waals surface area contributed by atoms with Crippen molar-refractivity contribution in [3.05, 3.63) is 0 Å². The highest BCUT2D eigenvalue weighted by Crippen LogP contribution is 2.35. The Morgan fingerprint density at radius 2 is 1.76 bits per heavy atom. The van der Waals surface area contributed by atoms with E-state index in [2.05, 4.69) is 5.32 Å². The fourth-order valence-corrected chi connectivity index (χ4v) is 2.01. The summed E-state index contributed by atoms with van der Waals surface area (Å²) in [4.78, 5) is 23.8. The van der Waals surface area contributed by atoms with E-state index >= 15 is 0 Å². The molecule has 4 nitrogen and oxygen atoms in total. The zero-order chi connectivity index (χ0) is 13.3. The third-order valence-corrected chi connectivity index (χ3v) is 2.94. The van der Waals surface area contributed by atoms with E-state index in [0.29, 0.717) is 0 Å². The lowest BCUT2D eigenvalue weighted by Gasteiger charge is -2.42. The van der Waals surface area contributed by atoms with E-state index < -0.39 is 17.2 Å². The molecule has 0 aromatic heterocycles. The molecule has 98 valence electrons. The average molecular weight is 241 g/mol. The van der Waals surface area contributed by atoms with E-state index in [1.54, 1.807) is 0 Å². The van der Waals surface area contributed by atoms with Crippen molar-refractivity contribution < 1.29 is 14.3 Å². The topological polar surface area (TPSA) is 55.4 Å². The molecule has 1 aliphatic rings. The Hall–Kier alpha value is -1.06. The first kappa shape index (κ1) is 14.0. The molecule has 1 saturated carbocycles. The molecular weight excluding hydrogens is 218 g/mol. The fourth-order valence-electron chi connectivity index (χ4n) is 2.01. The van der Waals surface area contributed by atoms with E-state index in [1.165, 1.54) is 0 Å². The lowest BCUT2D eigenvalue weighted by Crippen LogP contribution is -2.61. The quantitative estimate of drug-likeness (QED) is 0.826. The highest BCUT2D eigenvalue weighted by molar-refractivity contribution is 5.93. The predicted octanol–water partition coefficient (Wildman–Crippen LogP) is 2.66. The second-order valence-corrected chi connectivity index (χ2v) is 6.08. The van der Waals surface area contributed by atoms with Gasteiger partial charge in [-0.3, -0.25) is 4.79 Å². The number of ether oxygens (including phenoxy) is 1. The number of alkyl carbamates (subject to hydrolysis) is 1. The Balaban J connectivity index is 2.64. The Morgan fingerprint density at radius 1 is 1.24 bits per heavy atom. The molecule has 0 aromatic rings. The van der Waals surface area contributed by atoms with Gasteiger partial charge in [-0.1, -0.05) is 13.8 Å². The number of ketones is 1. The predicted molar refractivity (Wildman–Crippen MR) is 65.8 cm³/mol. The van der Waals surface area contributed by atoms with Crippen molar-refractivity contribution in [1.29, 1.82) is 0 Å². The molecule has 17 heavy (non-hydrogen) atoms. The summed E-state index contributed by atoms with van der Waals surface area (Å²) in [6, 6.07) is 0. The molecule has 0 aromatic carbocycles. The van der Waals surface area contributed by atoms with Gasteiger partial charge in [-0.25, -0.2) is 4.79 Å². The Morgan fingerprint density at radius 3 is 2.06 bits per heavy atom. The summed E-state index contributed by atoms with van der Waals surface area (Å²) in [6.45, 7) is 9.15. The molecule has 1 aliphatic carbocycles. The van der Waals surface area contributed by atoms with Gasteiger partial charge in [0.15, 0.2) is 5.78 Å². The van der Waals surface area contributed by atoms with E-state index in [1.807, 2.05) is 34.6 Å². The van der Waals surface area contributed by atoms with Gasteiger partial charge in [0.2, 0.25) is 0 Å². The van der Waals surface area contributed by atoms with Gasteiger partial charge in [-0.05, 0) is 40.0 Å². The van der Waals surface area contributed by atoms with E-state index in [4.69, 9.17) is 4.74 Å². The highest BCUT2D eigenvalue weighted by atomic mass is 16.6. The summed E-state index contributed by atoms with van der Waals surface area (Å²) in [7, 11) is 0. The van der Waals surface area contributed by atoms with Crippen LogP contribution in [0.4, 0.5) is 4.79 Å². The Bertz CT molecular complexity index is 311. The first-order chi connectivity index (χ1) is 7.66. The largest absolute Gasteiger partial charge is 0.444 e. The number of carbonyl (C=O) groups excluding carboxylic acids is 2. The van der Waals surface area contributed by atoms with Crippen molar-refractivity contribution in [2.24, 2.45) is 5.92 Å². The van der Waals surface area contributed by atoms with E-state index in [-0.39, 0.29) is 11.7 Å². The second kappa shape index (κ2) is 4.67. The van der Waals surface area contributed by atoms with Crippen LogP contribution < -0.4 is 5.32 Å².